The van der Waals surface area contributed by atoms with Crippen molar-refractivity contribution in [1.82, 2.24) is 0 Å². The number of benzene rings is 1. The maximum Gasteiger partial charge on any atom is 0.145 e. The van der Waals surface area contributed by atoms with Crippen molar-refractivity contribution < 1.29 is 4.74 Å². The Hall–Kier alpha value is -1.54. The van der Waals surface area contributed by atoms with Gasteiger partial charge in [0.25, 0.3) is 0 Å². The summed E-state index contributed by atoms with van der Waals surface area (Å²) in [6, 6.07) is 7.88. The first-order valence-electron chi connectivity index (χ1n) is 5.10. The van der Waals surface area contributed by atoms with Crippen molar-refractivity contribution in [3.63, 3.8) is 0 Å². The predicted octanol–water partition coefficient (Wildman–Crippen LogP) is 3.46. The average molecular weight is 234 g/mol. The molecule has 1 unspecified atom stereocenters. The van der Waals surface area contributed by atoms with Crippen molar-refractivity contribution >= 4 is 24.3 Å². The standard InChI is InChI=1S/C13H11NO.ClH/c1-3-7-12-10(5-1)9-14-11-6-2-4-8-13(11)15-12;/h1-6,8-9,12H,7H2;1H. The number of aliphatic imine (C=N–C) groups is 1. The number of ether oxygens (including phenoxy) is 1. The van der Waals surface area contributed by atoms with Gasteiger partial charge < -0.3 is 4.74 Å². The summed E-state index contributed by atoms with van der Waals surface area (Å²) in [6.45, 7) is 0. The second-order valence-electron chi connectivity index (χ2n) is 3.66. The molecular formula is C13H12ClNO. The van der Waals surface area contributed by atoms with Gasteiger partial charge in [0.1, 0.15) is 17.5 Å². The predicted molar refractivity (Wildman–Crippen MR) is 68.1 cm³/mol. The van der Waals surface area contributed by atoms with E-state index in [0.717, 1.165) is 23.4 Å². The summed E-state index contributed by atoms with van der Waals surface area (Å²) in [7, 11) is 0. The molecule has 2 nitrogen and oxygen atoms in total. The Bertz CT molecular complexity index is 477. The maximum atomic E-state index is 5.92. The zero-order valence-electron chi connectivity index (χ0n) is 8.67. The summed E-state index contributed by atoms with van der Waals surface area (Å²) in [5.74, 6) is 0.873. The molecule has 1 aromatic carbocycles. The number of nitrogens with zero attached hydrogens (tertiary/aromatic N) is 1. The van der Waals surface area contributed by atoms with Crippen LogP contribution in [0.1, 0.15) is 6.42 Å². The number of allylic oxidation sites excluding steroid dienone is 2. The van der Waals surface area contributed by atoms with Gasteiger partial charge >= 0.3 is 0 Å². The van der Waals surface area contributed by atoms with Crippen molar-refractivity contribution in [1.29, 1.82) is 0 Å². The molecule has 3 rings (SSSR count). The third kappa shape index (κ3) is 1.89. The number of rotatable bonds is 0. The third-order valence-electron chi connectivity index (χ3n) is 2.63. The minimum Gasteiger partial charge on any atom is -0.483 e. The van der Waals surface area contributed by atoms with Gasteiger partial charge in [-0.05, 0) is 12.1 Å². The highest BCUT2D eigenvalue weighted by atomic mass is 35.5. The molecule has 0 spiro atoms. The third-order valence-corrected chi connectivity index (χ3v) is 2.63. The first-order valence-corrected chi connectivity index (χ1v) is 5.10. The molecule has 1 aromatic rings. The smallest absolute Gasteiger partial charge is 0.145 e. The van der Waals surface area contributed by atoms with Crippen molar-refractivity contribution in [3.8, 4) is 5.75 Å². The van der Waals surface area contributed by atoms with Gasteiger partial charge in [0.05, 0.1) is 0 Å². The molecule has 3 heteroatoms. The van der Waals surface area contributed by atoms with Gasteiger partial charge in [-0.25, -0.2) is 0 Å². The highest BCUT2D eigenvalue weighted by molar-refractivity contribution is 5.85. The van der Waals surface area contributed by atoms with E-state index in [9.17, 15) is 0 Å². The number of para-hydroxylation sites is 2. The van der Waals surface area contributed by atoms with E-state index in [1.807, 2.05) is 30.5 Å². The molecule has 82 valence electrons. The van der Waals surface area contributed by atoms with Crippen LogP contribution in [0.5, 0.6) is 5.75 Å². The topological polar surface area (TPSA) is 21.6 Å². The minimum absolute atomic E-state index is 0. The Balaban J connectivity index is 0.000000963. The Morgan fingerprint density at radius 2 is 2.12 bits per heavy atom. The van der Waals surface area contributed by atoms with E-state index in [-0.39, 0.29) is 18.5 Å². The van der Waals surface area contributed by atoms with Crippen molar-refractivity contribution in [2.24, 2.45) is 4.99 Å². The summed E-state index contributed by atoms with van der Waals surface area (Å²) >= 11 is 0. The van der Waals surface area contributed by atoms with Gasteiger partial charge in [-0.15, -0.1) is 12.4 Å². The Morgan fingerprint density at radius 3 is 3.06 bits per heavy atom. The SMILES string of the molecule is C1=CCC2Oc3ccccc3N=CC2=C1.Cl. The normalized spacial score (nSPS) is 20.8. The molecule has 0 amide bonds. The second-order valence-corrected chi connectivity index (χ2v) is 3.66. The second kappa shape index (κ2) is 4.54. The molecule has 1 aliphatic carbocycles. The lowest BCUT2D eigenvalue weighted by Gasteiger charge is -2.18. The highest BCUT2D eigenvalue weighted by Gasteiger charge is 2.19. The molecule has 1 heterocycles. The van der Waals surface area contributed by atoms with E-state index < -0.39 is 0 Å². The Labute approximate surface area is 101 Å². The molecule has 0 saturated carbocycles. The van der Waals surface area contributed by atoms with E-state index >= 15 is 0 Å². The lowest BCUT2D eigenvalue weighted by atomic mass is 10.0. The summed E-state index contributed by atoms with van der Waals surface area (Å²) in [5.41, 5.74) is 2.06. The number of hydrogen-bond acceptors (Lipinski definition) is 2. The van der Waals surface area contributed by atoms with E-state index in [4.69, 9.17) is 4.74 Å². The quantitative estimate of drug-likeness (QED) is 0.673. The van der Waals surface area contributed by atoms with E-state index in [1.165, 1.54) is 0 Å². The van der Waals surface area contributed by atoms with E-state index in [2.05, 4.69) is 23.2 Å². The molecule has 1 atom stereocenters. The van der Waals surface area contributed by atoms with Crippen LogP contribution < -0.4 is 4.74 Å². The Morgan fingerprint density at radius 1 is 1.25 bits per heavy atom. The number of halogens is 1. The summed E-state index contributed by atoms with van der Waals surface area (Å²) in [5, 5.41) is 0. The van der Waals surface area contributed by atoms with Crippen LogP contribution in [-0.4, -0.2) is 12.3 Å². The van der Waals surface area contributed by atoms with Crippen LogP contribution in [0.3, 0.4) is 0 Å². The zero-order valence-corrected chi connectivity index (χ0v) is 9.48. The number of fused-ring (bicyclic) bond motifs is 2. The highest BCUT2D eigenvalue weighted by Crippen LogP contribution is 2.32. The molecular weight excluding hydrogens is 222 g/mol. The summed E-state index contributed by atoms with van der Waals surface area (Å²) in [6.07, 6.45) is 9.19. The van der Waals surface area contributed by atoms with Crippen LogP contribution in [0.15, 0.2) is 53.1 Å². The summed E-state index contributed by atoms with van der Waals surface area (Å²) < 4.78 is 5.92. The molecule has 0 bridgehead atoms. The van der Waals surface area contributed by atoms with Crippen LogP contribution in [0.4, 0.5) is 5.69 Å². The molecule has 0 saturated heterocycles. The van der Waals surface area contributed by atoms with Crippen molar-refractivity contribution in [2.75, 3.05) is 0 Å². The lowest BCUT2D eigenvalue weighted by Crippen LogP contribution is -2.19. The fourth-order valence-corrected chi connectivity index (χ4v) is 1.83. The lowest BCUT2D eigenvalue weighted by molar-refractivity contribution is 0.248. The van der Waals surface area contributed by atoms with Crippen molar-refractivity contribution in [3.05, 3.63) is 48.1 Å². The van der Waals surface area contributed by atoms with Crippen LogP contribution in [-0.2, 0) is 0 Å². The zero-order chi connectivity index (χ0) is 10.1. The molecule has 0 N–H and O–H groups in total. The maximum absolute atomic E-state index is 5.92. The first-order chi connectivity index (χ1) is 7.43. The fourth-order valence-electron chi connectivity index (χ4n) is 1.83. The number of hydrogen-bond donors (Lipinski definition) is 0. The molecule has 1 aliphatic heterocycles. The fraction of sp³-hybridized carbons (Fsp3) is 0.154. The van der Waals surface area contributed by atoms with Crippen LogP contribution >= 0.6 is 12.4 Å². The van der Waals surface area contributed by atoms with Crippen LogP contribution in [0.2, 0.25) is 0 Å². The average Bonchev–Trinajstić information content (AvgIpc) is 2.48. The van der Waals surface area contributed by atoms with Crippen LogP contribution in [0, 0.1) is 0 Å². The minimum atomic E-state index is 0. The molecule has 2 aliphatic rings. The van der Waals surface area contributed by atoms with Gasteiger partial charge in [-0.1, -0.05) is 30.4 Å². The van der Waals surface area contributed by atoms with E-state index in [1.54, 1.807) is 0 Å². The first kappa shape index (κ1) is 11.0. The Kier molecular flexibility index (Phi) is 3.11. The monoisotopic (exact) mass is 233 g/mol. The van der Waals surface area contributed by atoms with Gasteiger partial charge in [0, 0.05) is 18.2 Å². The van der Waals surface area contributed by atoms with Crippen molar-refractivity contribution in [2.45, 2.75) is 12.5 Å². The molecule has 16 heavy (non-hydrogen) atoms. The molecule has 0 fully saturated rings. The van der Waals surface area contributed by atoms with E-state index in [0.29, 0.717) is 0 Å². The summed E-state index contributed by atoms with van der Waals surface area (Å²) in [4.78, 5) is 4.42. The van der Waals surface area contributed by atoms with Gasteiger partial charge in [-0.3, -0.25) is 4.99 Å². The van der Waals surface area contributed by atoms with Gasteiger partial charge in [-0.2, -0.15) is 0 Å². The molecule has 0 aromatic heterocycles. The van der Waals surface area contributed by atoms with Gasteiger partial charge in [0.15, 0.2) is 0 Å². The molecule has 0 radical (unpaired) electrons. The van der Waals surface area contributed by atoms with Crippen LogP contribution in [0.25, 0.3) is 0 Å². The van der Waals surface area contributed by atoms with Gasteiger partial charge in [0.2, 0.25) is 0 Å². The largest absolute Gasteiger partial charge is 0.483 e.